The standard InChI is InChI=1S/C19H25FN2O2/c20-17-8-6-14(7-9-17)12-22-13-15(10-18(22)23)11-21-19(24)16-4-2-1-3-5-16/h6-9,15-16H,1-5,10-13H2,(H,21,24)/t15-/m1/s1. The third kappa shape index (κ3) is 4.34. The van der Waals surface area contributed by atoms with Gasteiger partial charge in [-0.25, -0.2) is 4.39 Å². The number of halogens is 1. The molecule has 2 aliphatic rings. The molecular weight excluding hydrogens is 307 g/mol. The van der Waals surface area contributed by atoms with Crippen molar-refractivity contribution in [3.05, 3.63) is 35.6 Å². The van der Waals surface area contributed by atoms with Gasteiger partial charge in [-0.1, -0.05) is 31.4 Å². The summed E-state index contributed by atoms with van der Waals surface area (Å²) in [6.45, 7) is 1.73. The van der Waals surface area contributed by atoms with Gasteiger partial charge < -0.3 is 10.2 Å². The molecule has 0 aromatic heterocycles. The lowest BCUT2D eigenvalue weighted by Gasteiger charge is -2.22. The van der Waals surface area contributed by atoms with E-state index in [9.17, 15) is 14.0 Å². The largest absolute Gasteiger partial charge is 0.356 e. The van der Waals surface area contributed by atoms with Gasteiger partial charge in [0.25, 0.3) is 0 Å². The van der Waals surface area contributed by atoms with Gasteiger partial charge >= 0.3 is 0 Å². The Morgan fingerprint density at radius 1 is 1.17 bits per heavy atom. The second kappa shape index (κ2) is 7.77. The van der Waals surface area contributed by atoms with Crippen LogP contribution in [0, 0.1) is 17.7 Å². The van der Waals surface area contributed by atoms with Crippen LogP contribution in [0.5, 0.6) is 0 Å². The molecule has 0 unspecified atom stereocenters. The van der Waals surface area contributed by atoms with Crippen LogP contribution in [0.4, 0.5) is 4.39 Å². The minimum absolute atomic E-state index is 0.108. The average Bonchev–Trinajstić information content (AvgIpc) is 2.95. The van der Waals surface area contributed by atoms with Gasteiger partial charge in [0.05, 0.1) is 0 Å². The lowest BCUT2D eigenvalue weighted by atomic mass is 9.88. The first-order valence-electron chi connectivity index (χ1n) is 8.92. The van der Waals surface area contributed by atoms with Crippen molar-refractivity contribution in [2.75, 3.05) is 13.1 Å². The Balaban J connectivity index is 1.45. The summed E-state index contributed by atoms with van der Waals surface area (Å²) in [7, 11) is 0. The van der Waals surface area contributed by atoms with Crippen molar-refractivity contribution in [3.63, 3.8) is 0 Å². The van der Waals surface area contributed by atoms with Gasteiger partial charge in [-0.15, -0.1) is 0 Å². The number of nitrogens with one attached hydrogen (secondary N) is 1. The lowest BCUT2D eigenvalue weighted by molar-refractivity contribution is -0.128. The Hall–Kier alpha value is -1.91. The van der Waals surface area contributed by atoms with E-state index in [0.717, 1.165) is 31.2 Å². The first-order valence-corrected chi connectivity index (χ1v) is 8.92. The van der Waals surface area contributed by atoms with E-state index in [0.29, 0.717) is 26.1 Å². The van der Waals surface area contributed by atoms with Crippen LogP contribution in [-0.2, 0) is 16.1 Å². The molecule has 1 heterocycles. The quantitative estimate of drug-likeness (QED) is 0.901. The minimum Gasteiger partial charge on any atom is -0.356 e. The van der Waals surface area contributed by atoms with E-state index in [1.165, 1.54) is 18.6 Å². The van der Waals surface area contributed by atoms with E-state index in [4.69, 9.17) is 0 Å². The van der Waals surface area contributed by atoms with E-state index in [2.05, 4.69) is 5.32 Å². The molecule has 1 N–H and O–H groups in total. The number of amides is 2. The number of benzene rings is 1. The molecule has 1 aliphatic carbocycles. The smallest absolute Gasteiger partial charge is 0.223 e. The molecular formula is C19H25FN2O2. The highest BCUT2D eigenvalue weighted by molar-refractivity contribution is 5.80. The number of hydrogen-bond acceptors (Lipinski definition) is 2. The first-order chi connectivity index (χ1) is 11.6. The lowest BCUT2D eigenvalue weighted by Crippen LogP contribution is -2.36. The fraction of sp³-hybridized carbons (Fsp3) is 0.579. The Morgan fingerprint density at radius 2 is 1.88 bits per heavy atom. The number of hydrogen-bond donors (Lipinski definition) is 1. The van der Waals surface area contributed by atoms with Crippen molar-refractivity contribution in [2.24, 2.45) is 11.8 Å². The Kier molecular flexibility index (Phi) is 5.48. The summed E-state index contributed by atoms with van der Waals surface area (Å²) in [6, 6.07) is 6.25. The molecule has 130 valence electrons. The van der Waals surface area contributed by atoms with Gasteiger partial charge in [0.2, 0.25) is 11.8 Å². The van der Waals surface area contributed by atoms with Crippen LogP contribution in [0.25, 0.3) is 0 Å². The summed E-state index contributed by atoms with van der Waals surface area (Å²) in [5.74, 6) is 0.321. The maximum absolute atomic E-state index is 12.9. The Morgan fingerprint density at radius 3 is 2.58 bits per heavy atom. The van der Waals surface area contributed by atoms with Crippen LogP contribution in [-0.4, -0.2) is 29.8 Å². The SMILES string of the molecule is O=C(NC[C@H]1CC(=O)N(Cc2ccc(F)cc2)C1)C1CCCCC1. The predicted molar refractivity (Wildman–Crippen MR) is 89.5 cm³/mol. The topological polar surface area (TPSA) is 49.4 Å². The van der Waals surface area contributed by atoms with E-state index >= 15 is 0 Å². The normalized spacial score (nSPS) is 22.0. The molecule has 1 saturated heterocycles. The van der Waals surface area contributed by atoms with Crippen molar-refractivity contribution >= 4 is 11.8 Å². The number of rotatable bonds is 5. The van der Waals surface area contributed by atoms with E-state index in [-0.39, 0.29) is 29.5 Å². The van der Waals surface area contributed by atoms with Crippen LogP contribution in [0.15, 0.2) is 24.3 Å². The minimum atomic E-state index is -0.269. The summed E-state index contributed by atoms with van der Waals surface area (Å²) < 4.78 is 12.9. The average molecular weight is 332 g/mol. The summed E-state index contributed by atoms with van der Waals surface area (Å²) in [5.41, 5.74) is 0.927. The summed E-state index contributed by atoms with van der Waals surface area (Å²) in [5, 5.41) is 3.04. The van der Waals surface area contributed by atoms with Crippen LogP contribution in [0.3, 0.4) is 0 Å². The maximum atomic E-state index is 12.9. The van der Waals surface area contributed by atoms with Crippen LogP contribution >= 0.6 is 0 Å². The summed E-state index contributed by atoms with van der Waals surface area (Å²) in [4.78, 5) is 26.1. The zero-order valence-electron chi connectivity index (χ0n) is 14.0. The predicted octanol–water partition coefficient (Wildman–Crippen LogP) is 2.87. The number of nitrogens with zero attached hydrogens (tertiary/aromatic N) is 1. The van der Waals surface area contributed by atoms with Crippen LogP contribution in [0.2, 0.25) is 0 Å². The summed E-state index contributed by atoms with van der Waals surface area (Å²) >= 11 is 0. The third-order valence-corrected chi connectivity index (χ3v) is 5.12. The molecule has 1 aliphatic heterocycles. The molecule has 0 spiro atoms. The van der Waals surface area contributed by atoms with Crippen molar-refractivity contribution in [2.45, 2.75) is 45.1 Å². The Labute approximate surface area is 142 Å². The molecule has 1 saturated carbocycles. The van der Waals surface area contributed by atoms with Gasteiger partial charge in [0.15, 0.2) is 0 Å². The number of carbonyl (C=O) groups excluding carboxylic acids is 2. The third-order valence-electron chi connectivity index (χ3n) is 5.12. The highest BCUT2D eigenvalue weighted by Gasteiger charge is 2.30. The number of likely N-dealkylation sites (tertiary alicyclic amines) is 1. The van der Waals surface area contributed by atoms with Crippen LogP contribution < -0.4 is 5.32 Å². The zero-order valence-corrected chi connectivity index (χ0v) is 14.0. The molecule has 1 atom stereocenters. The van der Waals surface area contributed by atoms with Gasteiger partial charge in [0, 0.05) is 37.9 Å². The second-order valence-electron chi connectivity index (χ2n) is 7.05. The molecule has 1 aromatic rings. The fourth-order valence-corrected chi connectivity index (χ4v) is 3.71. The van der Waals surface area contributed by atoms with E-state index < -0.39 is 0 Å². The molecule has 24 heavy (non-hydrogen) atoms. The highest BCUT2D eigenvalue weighted by atomic mass is 19.1. The number of carbonyl (C=O) groups is 2. The fourth-order valence-electron chi connectivity index (χ4n) is 3.71. The Bertz CT molecular complexity index is 582. The summed E-state index contributed by atoms with van der Waals surface area (Å²) in [6.07, 6.45) is 5.99. The molecule has 0 bridgehead atoms. The van der Waals surface area contributed by atoms with Crippen LogP contribution in [0.1, 0.15) is 44.1 Å². The molecule has 5 heteroatoms. The molecule has 2 fully saturated rings. The van der Waals surface area contributed by atoms with Crippen molar-refractivity contribution in [1.82, 2.24) is 10.2 Å². The highest BCUT2D eigenvalue weighted by Crippen LogP contribution is 2.24. The van der Waals surface area contributed by atoms with E-state index in [1.807, 2.05) is 0 Å². The van der Waals surface area contributed by atoms with Gasteiger partial charge in [-0.3, -0.25) is 9.59 Å². The van der Waals surface area contributed by atoms with Gasteiger partial charge in [-0.05, 0) is 30.5 Å². The van der Waals surface area contributed by atoms with E-state index in [1.54, 1.807) is 17.0 Å². The van der Waals surface area contributed by atoms with Gasteiger partial charge in [0.1, 0.15) is 5.82 Å². The molecule has 3 rings (SSSR count). The monoisotopic (exact) mass is 332 g/mol. The zero-order chi connectivity index (χ0) is 16.9. The first kappa shape index (κ1) is 16.9. The van der Waals surface area contributed by atoms with Crippen molar-refractivity contribution < 1.29 is 14.0 Å². The molecule has 2 amide bonds. The van der Waals surface area contributed by atoms with Gasteiger partial charge in [-0.2, -0.15) is 0 Å². The van der Waals surface area contributed by atoms with Crippen molar-refractivity contribution in [3.8, 4) is 0 Å². The molecule has 0 radical (unpaired) electrons. The van der Waals surface area contributed by atoms with Crippen molar-refractivity contribution in [1.29, 1.82) is 0 Å². The molecule has 4 nitrogen and oxygen atoms in total. The second-order valence-corrected chi connectivity index (χ2v) is 7.05. The molecule has 1 aromatic carbocycles. The maximum Gasteiger partial charge on any atom is 0.223 e.